The van der Waals surface area contributed by atoms with Gasteiger partial charge in [-0.25, -0.2) is 0 Å². The van der Waals surface area contributed by atoms with Crippen molar-refractivity contribution >= 4 is 22.5 Å². The summed E-state index contributed by atoms with van der Waals surface area (Å²) in [6, 6.07) is 13.2. The fraction of sp³-hybridized carbons (Fsp3) is 0.222. The molecule has 0 saturated carbocycles. The van der Waals surface area contributed by atoms with Crippen molar-refractivity contribution in [1.82, 2.24) is 15.0 Å². The van der Waals surface area contributed by atoms with Gasteiger partial charge >= 0.3 is 0 Å². The number of nitrogens with one attached hydrogen (secondary N) is 1. The Hall–Kier alpha value is -3.22. The van der Waals surface area contributed by atoms with Gasteiger partial charge in [0.2, 0.25) is 5.91 Å². The molecule has 0 radical (unpaired) electrons. The molecule has 128 valence electrons. The lowest BCUT2D eigenvalue weighted by Gasteiger charge is -2.17. The Morgan fingerprint density at radius 3 is 2.68 bits per heavy atom. The summed E-state index contributed by atoms with van der Waals surface area (Å²) in [5.41, 5.74) is 0.701. The van der Waals surface area contributed by atoms with Crippen LogP contribution in [0.15, 0.2) is 53.3 Å². The summed E-state index contributed by atoms with van der Waals surface area (Å²) in [5, 5.41) is 11.2. The van der Waals surface area contributed by atoms with Crippen LogP contribution in [0.25, 0.3) is 10.9 Å². The van der Waals surface area contributed by atoms with Crippen molar-refractivity contribution in [3.05, 3.63) is 58.9 Å². The zero-order valence-electron chi connectivity index (χ0n) is 14.0. The molecule has 0 aliphatic heterocycles. The van der Waals surface area contributed by atoms with E-state index in [0.29, 0.717) is 28.8 Å². The molecule has 1 heterocycles. The molecule has 1 N–H and O–H groups in total. The number of fused-ring (bicyclic) bond motifs is 1. The van der Waals surface area contributed by atoms with Crippen LogP contribution in [0.2, 0.25) is 0 Å². The van der Waals surface area contributed by atoms with Crippen LogP contribution in [0, 0.1) is 0 Å². The lowest BCUT2D eigenvalue weighted by Crippen LogP contribution is -2.35. The van der Waals surface area contributed by atoms with E-state index in [1.807, 2.05) is 13.0 Å². The SMILES string of the molecule is CC[C@H](C(=O)Nc1ccccc1OC)n1nnc2ccccc2c1=O. The Balaban J connectivity index is 1.96. The molecule has 7 heteroatoms. The maximum atomic E-state index is 12.7. The summed E-state index contributed by atoms with van der Waals surface area (Å²) < 4.78 is 6.37. The highest BCUT2D eigenvalue weighted by Gasteiger charge is 2.23. The minimum atomic E-state index is -0.769. The van der Waals surface area contributed by atoms with Crippen molar-refractivity contribution in [3.8, 4) is 5.75 Å². The number of aromatic nitrogens is 3. The van der Waals surface area contributed by atoms with Crippen molar-refractivity contribution in [2.24, 2.45) is 0 Å². The Kier molecular flexibility index (Phi) is 4.74. The molecule has 1 atom stereocenters. The molecule has 1 amide bonds. The van der Waals surface area contributed by atoms with Crippen molar-refractivity contribution in [2.45, 2.75) is 19.4 Å². The number of para-hydroxylation sites is 2. The Morgan fingerprint density at radius 1 is 1.20 bits per heavy atom. The molecule has 0 saturated heterocycles. The molecular formula is C18H18N4O3. The maximum Gasteiger partial charge on any atom is 0.278 e. The van der Waals surface area contributed by atoms with Gasteiger partial charge in [-0.2, -0.15) is 4.68 Å². The van der Waals surface area contributed by atoms with Gasteiger partial charge in [-0.1, -0.05) is 36.4 Å². The predicted octanol–water partition coefficient (Wildman–Crippen LogP) is 2.39. The van der Waals surface area contributed by atoms with E-state index in [0.717, 1.165) is 4.68 Å². The minimum absolute atomic E-state index is 0.340. The van der Waals surface area contributed by atoms with Crippen LogP contribution < -0.4 is 15.6 Å². The Labute approximate surface area is 144 Å². The third kappa shape index (κ3) is 3.21. The van der Waals surface area contributed by atoms with Crippen LogP contribution in [0.5, 0.6) is 5.75 Å². The van der Waals surface area contributed by atoms with Gasteiger partial charge in [-0.15, -0.1) is 5.10 Å². The highest BCUT2D eigenvalue weighted by atomic mass is 16.5. The molecule has 0 aliphatic rings. The number of carbonyl (C=O) groups is 1. The highest BCUT2D eigenvalue weighted by molar-refractivity contribution is 5.95. The molecule has 0 bridgehead atoms. The van der Waals surface area contributed by atoms with E-state index in [9.17, 15) is 9.59 Å². The number of methoxy groups -OCH3 is 1. The minimum Gasteiger partial charge on any atom is -0.495 e. The van der Waals surface area contributed by atoms with E-state index in [2.05, 4.69) is 15.6 Å². The first-order chi connectivity index (χ1) is 12.2. The first-order valence-corrected chi connectivity index (χ1v) is 7.93. The Bertz CT molecular complexity index is 968. The molecule has 2 aromatic carbocycles. The normalized spacial score (nSPS) is 11.9. The molecule has 0 aliphatic carbocycles. The fourth-order valence-electron chi connectivity index (χ4n) is 2.64. The van der Waals surface area contributed by atoms with Crippen LogP contribution in [0.1, 0.15) is 19.4 Å². The van der Waals surface area contributed by atoms with E-state index in [4.69, 9.17) is 4.74 Å². The van der Waals surface area contributed by atoms with E-state index >= 15 is 0 Å². The predicted molar refractivity (Wildman–Crippen MR) is 94.7 cm³/mol. The summed E-state index contributed by atoms with van der Waals surface area (Å²) in [4.78, 5) is 25.4. The summed E-state index contributed by atoms with van der Waals surface area (Å²) >= 11 is 0. The number of rotatable bonds is 5. The van der Waals surface area contributed by atoms with Crippen molar-refractivity contribution in [3.63, 3.8) is 0 Å². The van der Waals surface area contributed by atoms with Crippen LogP contribution >= 0.6 is 0 Å². The third-order valence-corrected chi connectivity index (χ3v) is 3.94. The largest absolute Gasteiger partial charge is 0.495 e. The van der Waals surface area contributed by atoms with E-state index in [1.54, 1.807) is 42.5 Å². The van der Waals surface area contributed by atoms with Gasteiger partial charge < -0.3 is 10.1 Å². The van der Waals surface area contributed by atoms with E-state index in [-0.39, 0.29) is 11.5 Å². The van der Waals surface area contributed by atoms with Gasteiger partial charge in [0.05, 0.1) is 18.2 Å². The van der Waals surface area contributed by atoms with Gasteiger partial charge in [-0.05, 0) is 30.7 Å². The number of amides is 1. The van der Waals surface area contributed by atoms with Gasteiger partial charge in [0.25, 0.3) is 5.56 Å². The number of hydrogen-bond donors (Lipinski definition) is 1. The standard InChI is InChI=1S/C18H18N4O3/c1-3-15(17(23)19-14-10-6-7-11-16(14)25-2)22-18(24)12-8-4-5-9-13(12)20-21-22/h4-11,15H,3H2,1-2H3,(H,19,23)/t15-/m1/s1. The molecule has 1 aromatic heterocycles. The van der Waals surface area contributed by atoms with Crippen LogP contribution in [0.4, 0.5) is 5.69 Å². The Morgan fingerprint density at radius 2 is 1.92 bits per heavy atom. The first kappa shape index (κ1) is 16.6. The van der Waals surface area contributed by atoms with Crippen LogP contribution in [0.3, 0.4) is 0 Å². The average molecular weight is 338 g/mol. The first-order valence-electron chi connectivity index (χ1n) is 7.93. The average Bonchev–Trinajstić information content (AvgIpc) is 2.65. The second-order valence-corrected chi connectivity index (χ2v) is 5.47. The summed E-state index contributed by atoms with van der Waals surface area (Å²) in [7, 11) is 1.53. The number of ether oxygens (including phenoxy) is 1. The smallest absolute Gasteiger partial charge is 0.278 e. The number of nitrogens with zero attached hydrogens (tertiary/aromatic N) is 3. The van der Waals surface area contributed by atoms with Crippen LogP contribution in [-0.2, 0) is 4.79 Å². The van der Waals surface area contributed by atoms with E-state index in [1.165, 1.54) is 7.11 Å². The molecule has 0 spiro atoms. The molecule has 0 unspecified atom stereocenters. The number of hydrogen-bond acceptors (Lipinski definition) is 5. The molecule has 25 heavy (non-hydrogen) atoms. The molecule has 3 rings (SSSR count). The topological polar surface area (TPSA) is 86.1 Å². The van der Waals surface area contributed by atoms with Gasteiger partial charge in [0.1, 0.15) is 17.3 Å². The molecule has 3 aromatic rings. The van der Waals surface area contributed by atoms with Crippen molar-refractivity contribution in [1.29, 1.82) is 0 Å². The summed E-state index contributed by atoms with van der Waals surface area (Å²) in [6.07, 6.45) is 0.397. The van der Waals surface area contributed by atoms with Crippen molar-refractivity contribution in [2.75, 3.05) is 12.4 Å². The van der Waals surface area contributed by atoms with Crippen LogP contribution in [-0.4, -0.2) is 28.0 Å². The maximum absolute atomic E-state index is 12.7. The lowest BCUT2D eigenvalue weighted by molar-refractivity contribution is -0.119. The monoisotopic (exact) mass is 338 g/mol. The zero-order chi connectivity index (χ0) is 17.8. The quantitative estimate of drug-likeness (QED) is 0.772. The molecular weight excluding hydrogens is 320 g/mol. The summed E-state index contributed by atoms with van der Waals surface area (Å²) in [6.45, 7) is 1.82. The number of benzene rings is 2. The van der Waals surface area contributed by atoms with Crippen molar-refractivity contribution < 1.29 is 9.53 Å². The second-order valence-electron chi connectivity index (χ2n) is 5.47. The highest BCUT2D eigenvalue weighted by Crippen LogP contribution is 2.24. The number of carbonyl (C=O) groups excluding carboxylic acids is 1. The molecule has 7 nitrogen and oxygen atoms in total. The third-order valence-electron chi connectivity index (χ3n) is 3.94. The van der Waals surface area contributed by atoms with Gasteiger partial charge in [-0.3, -0.25) is 9.59 Å². The lowest BCUT2D eigenvalue weighted by atomic mass is 10.2. The summed E-state index contributed by atoms with van der Waals surface area (Å²) in [5.74, 6) is 0.196. The van der Waals surface area contributed by atoms with Gasteiger partial charge in [0, 0.05) is 0 Å². The number of anilines is 1. The second kappa shape index (κ2) is 7.12. The van der Waals surface area contributed by atoms with Gasteiger partial charge in [0.15, 0.2) is 0 Å². The zero-order valence-corrected chi connectivity index (χ0v) is 14.0. The molecule has 0 fully saturated rings. The van der Waals surface area contributed by atoms with E-state index < -0.39 is 6.04 Å². The fourth-order valence-corrected chi connectivity index (χ4v) is 2.64.